The van der Waals surface area contributed by atoms with E-state index in [4.69, 9.17) is 14.2 Å². The largest absolute Gasteiger partial charge is 0.493 e. The van der Waals surface area contributed by atoms with Crippen molar-refractivity contribution in [3.05, 3.63) is 23.8 Å². The van der Waals surface area contributed by atoms with Crippen LogP contribution in [0.5, 0.6) is 11.5 Å². The van der Waals surface area contributed by atoms with E-state index in [1.165, 1.54) is 12.0 Å². The summed E-state index contributed by atoms with van der Waals surface area (Å²) in [5.74, 6) is 0.627. The molecule has 0 bridgehead atoms. The fraction of sp³-hybridized carbons (Fsp3) is 0.609. The molecule has 0 radical (unpaired) electrons. The number of hydrogen-bond acceptors (Lipinski definition) is 6. The van der Waals surface area contributed by atoms with Gasteiger partial charge in [-0.3, -0.25) is 9.59 Å². The Morgan fingerprint density at radius 3 is 2.34 bits per heavy atom. The molecular formula is C23H35N3O6. The van der Waals surface area contributed by atoms with Crippen molar-refractivity contribution in [2.75, 3.05) is 40.9 Å². The van der Waals surface area contributed by atoms with Crippen molar-refractivity contribution in [3.63, 3.8) is 0 Å². The van der Waals surface area contributed by atoms with E-state index in [2.05, 4.69) is 5.32 Å². The van der Waals surface area contributed by atoms with E-state index < -0.39 is 5.60 Å². The Morgan fingerprint density at radius 1 is 1.12 bits per heavy atom. The number of amides is 3. The summed E-state index contributed by atoms with van der Waals surface area (Å²) in [6.45, 7) is 6.77. The first-order chi connectivity index (χ1) is 15.0. The van der Waals surface area contributed by atoms with E-state index in [0.29, 0.717) is 44.0 Å². The molecule has 1 aromatic carbocycles. The first kappa shape index (κ1) is 25.3. The Balaban J connectivity index is 1.84. The lowest BCUT2D eigenvalue weighted by molar-refractivity contribution is -0.130. The Bertz CT molecular complexity index is 810. The fourth-order valence-corrected chi connectivity index (χ4v) is 3.19. The molecule has 1 N–H and O–H groups in total. The lowest BCUT2D eigenvalue weighted by Crippen LogP contribution is -2.44. The van der Waals surface area contributed by atoms with Crippen molar-refractivity contribution in [1.82, 2.24) is 15.1 Å². The summed E-state index contributed by atoms with van der Waals surface area (Å²) in [5, 5.41) is 2.96. The highest BCUT2D eigenvalue weighted by Gasteiger charge is 2.29. The van der Waals surface area contributed by atoms with E-state index in [1.54, 1.807) is 31.1 Å². The molecule has 9 heteroatoms. The van der Waals surface area contributed by atoms with E-state index >= 15 is 0 Å². The van der Waals surface area contributed by atoms with Gasteiger partial charge in [-0.1, -0.05) is 6.07 Å². The monoisotopic (exact) mass is 449 g/mol. The predicted molar refractivity (Wildman–Crippen MR) is 120 cm³/mol. The number of carbonyl (C=O) groups is 3. The highest BCUT2D eigenvalue weighted by Crippen LogP contribution is 2.28. The van der Waals surface area contributed by atoms with Crippen LogP contribution in [0.1, 0.15) is 39.2 Å². The second-order valence-corrected chi connectivity index (χ2v) is 9.02. The van der Waals surface area contributed by atoms with Crippen LogP contribution in [0.2, 0.25) is 0 Å². The maximum atomic E-state index is 12.6. The van der Waals surface area contributed by atoms with Gasteiger partial charge in [-0.2, -0.15) is 0 Å². The van der Waals surface area contributed by atoms with Crippen LogP contribution in [-0.4, -0.2) is 74.2 Å². The van der Waals surface area contributed by atoms with Gasteiger partial charge >= 0.3 is 6.09 Å². The normalized spacial score (nSPS) is 14.5. The third kappa shape index (κ3) is 7.62. The predicted octanol–water partition coefficient (Wildman–Crippen LogP) is 2.43. The average Bonchev–Trinajstić information content (AvgIpc) is 2.74. The van der Waals surface area contributed by atoms with Gasteiger partial charge < -0.3 is 29.3 Å². The van der Waals surface area contributed by atoms with Gasteiger partial charge in [0.1, 0.15) is 5.60 Å². The molecule has 0 spiro atoms. The number of ether oxygens (including phenoxy) is 3. The van der Waals surface area contributed by atoms with Crippen LogP contribution < -0.4 is 14.8 Å². The molecule has 1 fully saturated rings. The summed E-state index contributed by atoms with van der Waals surface area (Å²) in [5.41, 5.74) is 0.321. The van der Waals surface area contributed by atoms with Gasteiger partial charge in [0.2, 0.25) is 5.91 Å². The number of rotatable bonds is 7. The van der Waals surface area contributed by atoms with Crippen molar-refractivity contribution in [3.8, 4) is 11.5 Å². The van der Waals surface area contributed by atoms with Crippen LogP contribution in [0.3, 0.4) is 0 Å². The molecule has 0 atom stereocenters. The number of hydrogen-bond donors (Lipinski definition) is 1. The van der Waals surface area contributed by atoms with E-state index in [1.807, 2.05) is 26.8 Å². The molecule has 0 aromatic heterocycles. The summed E-state index contributed by atoms with van der Waals surface area (Å²) in [6, 6.07) is 5.33. The molecular weight excluding hydrogens is 414 g/mol. The molecule has 0 aliphatic carbocycles. The molecule has 1 aromatic rings. The van der Waals surface area contributed by atoms with Gasteiger partial charge in [0.25, 0.3) is 5.91 Å². The molecule has 2 rings (SSSR count). The highest BCUT2D eigenvalue weighted by atomic mass is 16.6. The molecule has 1 saturated heterocycles. The molecule has 178 valence electrons. The number of nitrogens with one attached hydrogen (secondary N) is 1. The Morgan fingerprint density at radius 2 is 1.78 bits per heavy atom. The number of likely N-dealkylation sites (tertiary alicyclic amines) is 1. The van der Waals surface area contributed by atoms with Crippen LogP contribution in [0.25, 0.3) is 0 Å². The summed E-state index contributed by atoms with van der Waals surface area (Å²) >= 11 is 0. The van der Waals surface area contributed by atoms with E-state index in [0.717, 1.165) is 5.56 Å². The SMILES string of the molecule is COc1cc(CNC(=O)C2CCN(C(=O)OC(C)(C)C)CC2)ccc1OCC(=O)N(C)C. The van der Waals surface area contributed by atoms with Crippen LogP contribution in [0.4, 0.5) is 4.79 Å². The van der Waals surface area contributed by atoms with Crippen LogP contribution in [0, 0.1) is 5.92 Å². The van der Waals surface area contributed by atoms with Crippen LogP contribution in [-0.2, 0) is 20.9 Å². The van der Waals surface area contributed by atoms with Gasteiger partial charge in [0, 0.05) is 39.6 Å². The van der Waals surface area contributed by atoms with Gasteiger partial charge in [0.15, 0.2) is 18.1 Å². The topological polar surface area (TPSA) is 97.4 Å². The number of benzene rings is 1. The van der Waals surface area contributed by atoms with E-state index in [-0.39, 0.29) is 30.4 Å². The molecule has 1 aliphatic heterocycles. The van der Waals surface area contributed by atoms with Crippen molar-refractivity contribution < 1.29 is 28.6 Å². The smallest absolute Gasteiger partial charge is 0.410 e. The highest BCUT2D eigenvalue weighted by molar-refractivity contribution is 5.79. The fourth-order valence-electron chi connectivity index (χ4n) is 3.19. The second kappa shape index (κ2) is 11.1. The minimum Gasteiger partial charge on any atom is -0.493 e. The average molecular weight is 450 g/mol. The third-order valence-electron chi connectivity index (χ3n) is 5.06. The summed E-state index contributed by atoms with van der Waals surface area (Å²) in [7, 11) is 4.85. The number of nitrogens with zero attached hydrogens (tertiary/aromatic N) is 2. The molecule has 9 nitrogen and oxygen atoms in total. The summed E-state index contributed by atoms with van der Waals surface area (Å²) in [6.07, 6.45) is 0.861. The van der Waals surface area contributed by atoms with Crippen molar-refractivity contribution >= 4 is 17.9 Å². The maximum absolute atomic E-state index is 12.6. The first-order valence-corrected chi connectivity index (χ1v) is 10.8. The van der Waals surface area contributed by atoms with Crippen LogP contribution >= 0.6 is 0 Å². The first-order valence-electron chi connectivity index (χ1n) is 10.8. The zero-order valence-electron chi connectivity index (χ0n) is 19.9. The zero-order chi connectivity index (χ0) is 23.9. The lowest BCUT2D eigenvalue weighted by Gasteiger charge is -2.32. The van der Waals surface area contributed by atoms with Crippen molar-refractivity contribution in [2.24, 2.45) is 5.92 Å². The summed E-state index contributed by atoms with van der Waals surface area (Å²) < 4.78 is 16.3. The summed E-state index contributed by atoms with van der Waals surface area (Å²) in [4.78, 5) is 39.6. The zero-order valence-corrected chi connectivity index (χ0v) is 19.9. The van der Waals surface area contributed by atoms with Crippen molar-refractivity contribution in [2.45, 2.75) is 45.8 Å². The minimum atomic E-state index is -0.533. The molecule has 0 saturated carbocycles. The lowest BCUT2D eigenvalue weighted by atomic mass is 9.96. The molecule has 1 aliphatic rings. The van der Waals surface area contributed by atoms with Gasteiger partial charge in [-0.05, 0) is 51.3 Å². The third-order valence-corrected chi connectivity index (χ3v) is 5.06. The number of likely N-dealkylation sites (N-methyl/N-ethyl adjacent to an activating group) is 1. The van der Waals surface area contributed by atoms with E-state index in [9.17, 15) is 14.4 Å². The van der Waals surface area contributed by atoms with Crippen LogP contribution in [0.15, 0.2) is 18.2 Å². The molecule has 0 unspecified atom stereocenters. The number of methoxy groups -OCH3 is 1. The van der Waals surface area contributed by atoms with Crippen molar-refractivity contribution in [1.29, 1.82) is 0 Å². The minimum absolute atomic E-state index is 0.0373. The van der Waals surface area contributed by atoms with Gasteiger partial charge in [-0.15, -0.1) is 0 Å². The Labute approximate surface area is 190 Å². The Hall–Kier alpha value is -2.97. The molecule has 1 heterocycles. The molecule has 3 amide bonds. The number of piperidine rings is 1. The quantitative estimate of drug-likeness (QED) is 0.687. The standard InChI is InChI=1S/C23H35N3O6/c1-23(2,3)32-22(29)26-11-9-17(10-12-26)21(28)24-14-16-7-8-18(19(13-16)30-6)31-15-20(27)25(4)5/h7-8,13,17H,9-12,14-15H2,1-6H3,(H,24,28). The Kier molecular flexibility index (Phi) is 8.74. The van der Waals surface area contributed by atoms with Gasteiger partial charge in [-0.25, -0.2) is 4.79 Å². The number of carbonyl (C=O) groups excluding carboxylic acids is 3. The van der Waals surface area contributed by atoms with Gasteiger partial charge in [0.05, 0.1) is 7.11 Å². The second-order valence-electron chi connectivity index (χ2n) is 9.02. The molecule has 32 heavy (non-hydrogen) atoms. The maximum Gasteiger partial charge on any atom is 0.410 e.